The van der Waals surface area contributed by atoms with E-state index in [0.717, 1.165) is 45.7 Å². The Morgan fingerprint density at radius 1 is 1.00 bits per heavy atom. The van der Waals surface area contributed by atoms with Gasteiger partial charge in [0.15, 0.2) is 0 Å². The van der Waals surface area contributed by atoms with Gasteiger partial charge in [-0.05, 0) is 30.5 Å². The summed E-state index contributed by atoms with van der Waals surface area (Å²) in [4.78, 5) is 39.1. The van der Waals surface area contributed by atoms with Crippen LogP contribution in [-0.4, -0.2) is 114 Å². The molecule has 2 fully saturated rings. The largest absolute Gasteiger partial charge is 0.490 e. The molecule has 2 aliphatic heterocycles. The molecule has 38 heavy (non-hydrogen) atoms. The molecule has 0 bridgehead atoms. The monoisotopic (exact) mass is 561 g/mol. The fraction of sp³-hybridized carbons (Fsp3) is 0.636. The number of nitrogens with zero attached hydrogens (tertiary/aromatic N) is 3. The molecular formula is C22H29F6N3O7. The molecule has 3 rings (SSSR count). The van der Waals surface area contributed by atoms with E-state index < -0.39 is 24.3 Å². The number of alkyl halides is 6. The van der Waals surface area contributed by atoms with Crippen molar-refractivity contribution in [3.8, 4) is 0 Å². The summed E-state index contributed by atoms with van der Waals surface area (Å²) in [6.45, 7) is 4.81. The van der Waals surface area contributed by atoms with Crippen LogP contribution in [0, 0.1) is 0 Å². The molecule has 0 unspecified atom stereocenters. The van der Waals surface area contributed by atoms with Crippen LogP contribution < -0.4 is 0 Å². The number of amides is 1. The van der Waals surface area contributed by atoms with E-state index in [1.54, 1.807) is 7.11 Å². The second kappa shape index (κ2) is 15.4. The maximum atomic E-state index is 12.6. The van der Waals surface area contributed by atoms with Crippen LogP contribution in [-0.2, 0) is 30.3 Å². The smallest absolute Gasteiger partial charge is 0.475 e. The quantitative estimate of drug-likeness (QED) is 0.503. The van der Waals surface area contributed by atoms with Crippen LogP contribution in [0.15, 0.2) is 24.5 Å². The Kier molecular flexibility index (Phi) is 13.4. The van der Waals surface area contributed by atoms with Gasteiger partial charge in [0.05, 0.1) is 32.3 Å². The van der Waals surface area contributed by atoms with Gasteiger partial charge in [0.25, 0.3) is 0 Å². The number of carboxylic acids is 2. The molecule has 0 radical (unpaired) electrons. The first kappa shape index (κ1) is 33.0. The lowest BCUT2D eigenvalue weighted by molar-refractivity contribution is -0.193. The van der Waals surface area contributed by atoms with Crippen molar-refractivity contribution in [1.82, 2.24) is 14.8 Å². The Hall–Kier alpha value is -2.98. The maximum absolute atomic E-state index is 12.6. The van der Waals surface area contributed by atoms with Gasteiger partial charge in [-0.1, -0.05) is 0 Å². The predicted octanol–water partition coefficient (Wildman–Crippen LogP) is 2.23. The molecule has 1 aromatic heterocycles. The summed E-state index contributed by atoms with van der Waals surface area (Å²) in [5.41, 5.74) is 1.24. The third-order valence-electron chi connectivity index (χ3n) is 5.54. The standard InChI is InChI=1S/C18H27N3O3.2C2HF3O2/c1-23-11-5-18(22)21-8-4-16(20-9-12-24-13-10-20)17(21)14-15-2-6-19-7-3-15;2*3-2(4,5)1(6)7/h2-3,6-7,16-17H,4-5,8-14H2,1H3;2*(H,6,7)/t16-,17+;;/m1../s1. The van der Waals surface area contributed by atoms with Gasteiger partial charge in [-0.25, -0.2) is 9.59 Å². The molecule has 2 atom stereocenters. The number of aromatic nitrogens is 1. The summed E-state index contributed by atoms with van der Waals surface area (Å²) >= 11 is 0. The minimum Gasteiger partial charge on any atom is -0.475 e. The van der Waals surface area contributed by atoms with Gasteiger partial charge in [0, 0.05) is 45.2 Å². The summed E-state index contributed by atoms with van der Waals surface area (Å²) in [6.07, 6.45) is -4.15. The molecule has 10 nitrogen and oxygen atoms in total. The Morgan fingerprint density at radius 2 is 1.50 bits per heavy atom. The number of carbonyl (C=O) groups excluding carboxylic acids is 1. The molecule has 0 spiro atoms. The Balaban J connectivity index is 0.000000426. The molecular weight excluding hydrogens is 532 g/mol. The lowest BCUT2D eigenvalue weighted by atomic mass is 9.99. The van der Waals surface area contributed by atoms with E-state index in [2.05, 4.69) is 14.8 Å². The van der Waals surface area contributed by atoms with E-state index in [0.29, 0.717) is 19.1 Å². The van der Waals surface area contributed by atoms with Crippen molar-refractivity contribution in [2.75, 3.05) is 46.6 Å². The number of ether oxygens (including phenoxy) is 2. The molecule has 0 aromatic carbocycles. The number of likely N-dealkylation sites (tertiary alicyclic amines) is 1. The molecule has 3 heterocycles. The Morgan fingerprint density at radius 3 is 1.95 bits per heavy atom. The highest BCUT2D eigenvalue weighted by molar-refractivity contribution is 5.77. The highest BCUT2D eigenvalue weighted by Gasteiger charge is 2.40. The normalized spacial score (nSPS) is 20.0. The summed E-state index contributed by atoms with van der Waals surface area (Å²) in [5, 5.41) is 14.2. The average Bonchev–Trinajstić information content (AvgIpc) is 3.27. The van der Waals surface area contributed by atoms with Gasteiger partial charge < -0.3 is 24.6 Å². The second-order valence-electron chi connectivity index (χ2n) is 8.07. The minimum absolute atomic E-state index is 0.201. The number of carboxylic acid groups (broad SMARTS) is 2. The molecule has 0 saturated carbocycles. The molecule has 216 valence electrons. The molecule has 2 N–H and O–H groups in total. The van der Waals surface area contributed by atoms with Crippen molar-refractivity contribution >= 4 is 17.8 Å². The van der Waals surface area contributed by atoms with Gasteiger partial charge in [-0.2, -0.15) is 26.3 Å². The van der Waals surface area contributed by atoms with E-state index in [4.69, 9.17) is 29.3 Å². The fourth-order valence-corrected chi connectivity index (χ4v) is 3.82. The number of morpholine rings is 1. The first-order valence-corrected chi connectivity index (χ1v) is 11.3. The average molecular weight is 561 g/mol. The van der Waals surface area contributed by atoms with Gasteiger partial charge in [0.1, 0.15) is 0 Å². The van der Waals surface area contributed by atoms with Gasteiger partial charge in [0.2, 0.25) is 5.91 Å². The number of pyridine rings is 1. The summed E-state index contributed by atoms with van der Waals surface area (Å²) in [6, 6.07) is 4.72. The van der Waals surface area contributed by atoms with E-state index in [-0.39, 0.29) is 11.9 Å². The molecule has 2 saturated heterocycles. The van der Waals surface area contributed by atoms with Crippen LogP contribution in [0.2, 0.25) is 0 Å². The van der Waals surface area contributed by atoms with Gasteiger partial charge >= 0.3 is 24.3 Å². The number of hydrogen-bond donors (Lipinski definition) is 2. The third-order valence-corrected chi connectivity index (χ3v) is 5.54. The van der Waals surface area contributed by atoms with Crippen LogP contribution in [0.5, 0.6) is 0 Å². The van der Waals surface area contributed by atoms with Gasteiger partial charge in [-0.15, -0.1) is 0 Å². The zero-order chi connectivity index (χ0) is 28.9. The maximum Gasteiger partial charge on any atom is 0.490 e. The van der Waals surface area contributed by atoms with Crippen molar-refractivity contribution < 1.29 is 60.4 Å². The van der Waals surface area contributed by atoms with Crippen LogP contribution >= 0.6 is 0 Å². The fourth-order valence-electron chi connectivity index (χ4n) is 3.82. The van der Waals surface area contributed by atoms with Crippen molar-refractivity contribution in [2.24, 2.45) is 0 Å². The van der Waals surface area contributed by atoms with Crippen molar-refractivity contribution in [2.45, 2.75) is 43.7 Å². The topological polar surface area (TPSA) is 130 Å². The van der Waals surface area contributed by atoms with Gasteiger partial charge in [-0.3, -0.25) is 14.7 Å². The number of carbonyl (C=O) groups is 3. The molecule has 1 amide bonds. The highest BCUT2D eigenvalue weighted by Crippen LogP contribution is 2.27. The number of aliphatic carboxylic acids is 2. The minimum atomic E-state index is -5.08. The zero-order valence-electron chi connectivity index (χ0n) is 20.4. The van der Waals surface area contributed by atoms with E-state index >= 15 is 0 Å². The van der Waals surface area contributed by atoms with Crippen LogP contribution in [0.25, 0.3) is 0 Å². The van der Waals surface area contributed by atoms with Crippen molar-refractivity contribution in [1.29, 1.82) is 0 Å². The summed E-state index contributed by atoms with van der Waals surface area (Å²) in [7, 11) is 1.64. The van der Waals surface area contributed by atoms with Crippen LogP contribution in [0.4, 0.5) is 26.3 Å². The van der Waals surface area contributed by atoms with Crippen molar-refractivity contribution in [3.05, 3.63) is 30.1 Å². The zero-order valence-corrected chi connectivity index (χ0v) is 20.4. The second-order valence-corrected chi connectivity index (χ2v) is 8.07. The predicted molar refractivity (Wildman–Crippen MR) is 118 cm³/mol. The lowest BCUT2D eigenvalue weighted by Crippen LogP contribution is -2.51. The first-order chi connectivity index (χ1) is 17.7. The summed E-state index contributed by atoms with van der Waals surface area (Å²) in [5.74, 6) is -5.31. The number of methoxy groups -OCH3 is 1. The molecule has 16 heteroatoms. The number of hydrogen-bond acceptors (Lipinski definition) is 7. The first-order valence-electron chi connectivity index (χ1n) is 11.3. The number of rotatable bonds is 6. The summed E-state index contributed by atoms with van der Waals surface area (Å²) < 4.78 is 74.1. The molecule has 0 aliphatic carbocycles. The Bertz CT molecular complexity index is 856. The lowest BCUT2D eigenvalue weighted by Gasteiger charge is -2.37. The highest BCUT2D eigenvalue weighted by atomic mass is 19.4. The van der Waals surface area contributed by atoms with E-state index in [1.165, 1.54) is 5.56 Å². The Labute approximate surface area is 214 Å². The SMILES string of the molecule is COCCC(=O)N1CC[C@@H](N2CCOCC2)[C@@H]1Cc1ccncc1.O=C(O)C(F)(F)F.O=C(O)C(F)(F)F. The van der Waals surface area contributed by atoms with Crippen molar-refractivity contribution in [3.63, 3.8) is 0 Å². The van der Waals surface area contributed by atoms with Crippen LogP contribution in [0.1, 0.15) is 18.4 Å². The molecule has 2 aliphatic rings. The van der Waals surface area contributed by atoms with E-state index in [9.17, 15) is 31.1 Å². The van der Waals surface area contributed by atoms with Crippen LogP contribution in [0.3, 0.4) is 0 Å². The van der Waals surface area contributed by atoms with E-state index in [1.807, 2.05) is 24.5 Å². The number of halogens is 6. The molecule has 1 aromatic rings. The third kappa shape index (κ3) is 11.6.